The van der Waals surface area contributed by atoms with E-state index in [4.69, 9.17) is 0 Å². The fourth-order valence-corrected chi connectivity index (χ4v) is 1.78. The lowest BCUT2D eigenvalue weighted by Crippen LogP contribution is -1.80. The van der Waals surface area contributed by atoms with Gasteiger partial charge in [0.05, 0.1) is 6.20 Å². The van der Waals surface area contributed by atoms with E-state index in [1.165, 1.54) is 11.1 Å². The summed E-state index contributed by atoms with van der Waals surface area (Å²) in [6.07, 6.45) is 5.22. The zero-order chi connectivity index (χ0) is 10.7. The zero-order valence-electron chi connectivity index (χ0n) is 8.34. The lowest BCUT2D eigenvalue weighted by Gasteiger charge is -2.02. The first-order chi connectivity index (χ1) is 7.29. The van der Waals surface area contributed by atoms with E-state index in [0.29, 0.717) is 0 Å². The molecule has 0 saturated heterocycles. The van der Waals surface area contributed by atoms with E-state index in [1.54, 1.807) is 24.0 Å². The Balaban J connectivity index is 2.37. The average molecular weight is 217 g/mol. The van der Waals surface area contributed by atoms with Crippen LogP contribution < -0.4 is 0 Å². The van der Waals surface area contributed by atoms with Gasteiger partial charge in [0.1, 0.15) is 5.75 Å². The van der Waals surface area contributed by atoms with Crippen LogP contribution in [0.2, 0.25) is 0 Å². The number of hydrogen-bond acceptors (Lipinski definition) is 3. The van der Waals surface area contributed by atoms with E-state index >= 15 is 0 Å². The van der Waals surface area contributed by atoms with Gasteiger partial charge in [-0.25, -0.2) is 0 Å². The smallest absolute Gasteiger partial charge is 0.134 e. The Morgan fingerprint density at radius 1 is 1.07 bits per heavy atom. The first-order valence-corrected chi connectivity index (χ1v) is 5.80. The Morgan fingerprint density at radius 2 is 1.80 bits per heavy atom. The highest BCUT2D eigenvalue weighted by atomic mass is 32.2. The van der Waals surface area contributed by atoms with Gasteiger partial charge >= 0.3 is 0 Å². The summed E-state index contributed by atoms with van der Waals surface area (Å²) in [6.45, 7) is 0. The summed E-state index contributed by atoms with van der Waals surface area (Å²) >= 11 is 1.71. The van der Waals surface area contributed by atoms with E-state index < -0.39 is 0 Å². The SMILES string of the molecule is CSc1ccc(-c2cncc(O)c2)cc1. The third-order valence-electron chi connectivity index (χ3n) is 2.15. The maximum absolute atomic E-state index is 9.31. The predicted molar refractivity (Wildman–Crippen MR) is 63.1 cm³/mol. The number of nitrogens with zero attached hydrogens (tertiary/aromatic N) is 1. The van der Waals surface area contributed by atoms with Crippen molar-refractivity contribution < 1.29 is 5.11 Å². The third kappa shape index (κ3) is 2.30. The van der Waals surface area contributed by atoms with Gasteiger partial charge in [-0.1, -0.05) is 12.1 Å². The van der Waals surface area contributed by atoms with Gasteiger partial charge in [0.2, 0.25) is 0 Å². The van der Waals surface area contributed by atoms with Gasteiger partial charge in [-0.15, -0.1) is 11.8 Å². The number of benzene rings is 1. The normalized spacial score (nSPS) is 10.2. The second-order valence-electron chi connectivity index (χ2n) is 3.16. The van der Waals surface area contributed by atoms with Crippen molar-refractivity contribution in [3.63, 3.8) is 0 Å². The molecule has 15 heavy (non-hydrogen) atoms. The molecule has 2 aromatic rings. The second kappa shape index (κ2) is 4.36. The second-order valence-corrected chi connectivity index (χ2v) is 4.04. The van der Waals surface area contributed by atoms with Crippen LogP contribution in [0, 0.1) is 0 Å². The number of aromatic hydroxyl groups is 1. The molecule has 0 atom stereocenters. The third-order valence-corrected chi connectivity index (χ3v) is 2.89. The molecule has 2 rings (SSSR count). The molecule has 0 radical (unpaired) electrons. The molecule has 0 aliphatic heterocycles. The molecule has 0 fully saturated rings. The van der Waals surface area contributed by atoms with Crippen molar-refractivity contribution in [1.82, 2.24) is 4.98 Å². The van der Waals surface area contributed by atoms with Gasteiger partial charge < -0.3 is 5.11 Å². The average Bonchev–Trinajstić information content (AvgIpc) is 2.29. The van der Waals surface area contributed by atoms with Crippen LogP contribution in [0.1, 0.15) is 0 Å². The summed E-state index contributed by atoms with van der Waals surface area (Å²) in [4.78, 5) is 5.18. The lowest BCUT2D eigenvalue weighted by molar-refractivity contribution is 0.473. The summed E-state index contributed by atoms with van der Waals surface area (Å²) < 4.78 is 0. The molecule has 1 N–H and O–H groups in total. The molecule has 1 heterocycles. The van der Waals surface area contributed by atoms with Crippen LogP contribution in [0.3, 0.4) is 0 Å². The molecule has 76 valence electrons. The lowest BCUT2D eigenvalue weighted by atomic mass is 10.1. The summed E-state index contributed by atoms with van der Waals surface area (Å²) in [7, 11) is 0. The maximum atomic E-state index is 9.31. The van der Waals surface area contributed by atoms with Gasteiger partial charge in [-0.3, -0.25) is 4.98 Å². The molecule has 0 saturated carbocycles. The van der Waals surface area contributed by atoms with Crippen molar-refractivity contribution in [2.24, 2.45) is 0 Å². The van der Waals surface area contributed by atoms with E-state index in [0.717, 1.165) is 11.1 Å². The van der Waals surface area contributed by atoms with Crippen LogP contribution in [0.4, 0.5) is 0 Å². The van der Waals surface area contributed by atoms with E-state index in [-0.39, 0.29) is 5.75 Å². The quantitative estimate of drug-likeness (QED) is 0.784. The van der Waals surface area contributed by atoms with Crippen molar-refractivity contribution in [3.05, 3.63) is 42.7 Å². The predicted octanol–water partition coefficient (Wildman–Crippen LogP) is 3.18. The first kappa shape index (κ1) is 10.1. The first-order valence-electron chi connectivity index (χ1n) is 4.58. The van der Waals surface area contributed by atoms with Crippen molar-refractivity contribution in [3.8, 4) is 16.9 Å². The molecule has 0 aliphatic rings. The minimum Gasteiger partial charge on any atom is -0.506 e. The molecular formula is C12H11NOS. The number of rotatable bonds is 2. The van der Waals surface area contributed by atoms with Gasteiger partial charge in [-0.05, 0) is 30.0 Å². The molecule has 0 unspecified atom stereocenters. The Bertz CT molecular complexity index is 453. The minimum atomic E-state index is 0.196. The van der Waals surface area contributed by atoms with E-state index in [9.17, 15) is 5.11 Å². The van der Waals surface area contributed by atoms with Crippen LogP contribution in [0.25, 0.3) is 11.1 Å². The van der Waals surface area contributed by atoms with Gasteiger partial charge in [0, 0.05) is 16.7 Å². The summed E-state index contributed by atoms with van der Waals surface area (Å²) in [5, 5.41) is 9.31. The van der Waals surface area contributed by atoms with Crippen LogP contribution in [0.5, 0.6) is 5.75 Å². The topological polar surface area (TPSA) is 33.1 Å². The minimum absolute atomic E-state index is 0.196. The van der Waals surface area contributed by atoms with E-state index in [1.807, 2.05) is 18.4 Å². The van der Waals surface area contributed by atoms with Gasteiger partial charge in [0.15, 0.2) is 0 Å². The Kier molecular flexibility index (Phi) is 2.92. The summed E-state index contributed by atoms with van der Waals surface area (Å²) in [6, 6.07) is 9.89. The molecule has 3 heteroatoms. The highest BCUT2D eigenvalue weighted by Crippen LogP contribution is 2.24. The maximum Gasteiger partial charge on any atom is 0.134 e. The number of thioether (sulfide) groups is 1. The number of pyridine rings is 1. The Hall–Kier alpha value is -1.48. The van der Waals surface area contributed by atoms with Crippen LogP contribution in [-0.4, -0.2) is 16.3 Å². The van der Waals surface area contributed by atoms with Crippen LogP contribution in [0.15, 0.2) is 47.6 Å². The molecule has 1 aromatic heterocycles. The largest absolute Gasteiger partial charge is 0.506 e. The van der Waals surface area contributed by atoms with Gasteiger partial charge in [-0.2, -0.15) is 0 Å². The van der Waals surface area contributed by atoms with Crippen molar-refractivity contribution >= 4 is 11.8 Å². The zero-order valence-corrected chi connectivity index (χ0v) is 9.16. The molecule has 0 aliphatic carbocycles. The van der Waals surface area contributed by atoms with Crippen LogP contribution >= 0.6 is 11.8 Å². The molecule has 0 amide bonds. The van der Waals surface area contributed by atoms with Crippen LogP contribution in [-0.2, 0) is 0 Å². The molecule has 0 spiro atoms. The molecule has 0 bridgehead atoms. The Labute approximate surface area is 93.0 Å². The highest BCUT2D eigenvalue weighted by molar-refractivity contribution is 7.98. The van der Waals surface area contributed by atoms with Gasteiger partial charge in [0.25, 0.3) is 0 Å². The molecular weight excluding hydrogens is 206 g/mol. The Morgan fingerprint density at radius 3 is 2.40 bits per heavy atom. The number of hydrogen-bond donors (Lipinski definition) is 1. The standard InChI is InChI=1S/C12H11NOS/c1-15-12-4-2-9(3-5-12)10-6-11(14)8-13-7-10/h2-8,14H,1H3. The van der Waals surface area contributed by atoms with Crippen molar-refractivity contribution in [2.45, 2.75) is 4.90 Å². The number of aromatic nitrogens is 1. The van der Waals surface area contributed by atoms with Crippen molar-refractivity contribution in [1.29, 1.82) is 0 Å². The van der Waals surface area contributed by atoms with Crippen molar-refractivity contribution in [2.75, 3.05) is 6.26 Å². The molecule has 2 nitrogen and oxygen atoms in total. The fraction of sp³-hybridized carbons (Fsp3) is 0.0833. The molecule has 1 aromatic carbocycles. The monoisotopic (exact) mass is 217 g/mol. The summed E-state index contributed by atoms with van der Waals surface area (Å²) in [5.41, 5.74) is 2.00. The fourth-order valence-electron chi connectivity index (χ4n) is 1.37. The highest BCUT2D eigenvalue weighted by Gasteiger charge is 1.99. The summed E-state index contributed by atoms with van der Waals surface area (Å²) in [5.74, 6) is 0.196. The van der Waals surface area contributed by atoms with E-state index in [2.05, 4.69) is 17.1 Å².